The first kappa shape index (κ1) is 39.3. The van der Waals surface area contributed by atoms with Crippen LogP contribution in [0, 0.1) is 32.6 Å². The molecule has 6 heteroatoms. The van der Waals surface area contributed by atoms with Crippen molar-refractivity contribution in [2.75, 3.05) is 9.80 Å². The molecule has 0 radical (unpaired) electrons. The second-order valence-corrected chi connectivity index (χ2v) is 16.7. The van der Waals surface area contributed by atoms with Crippen molar-refractivity contribution in [1.82, 2.24) is 9.78 Å². The Morgan fingerprint density at radius 2 is 1.12 bits per heavy atom. The van der Waals surface area contributed by atoms with E-state index in [0.717, 1.165) is 39.6 Å². The van der Waals surface area contributed by atoms with Crippen molar-refractivity contribution in [3.63, 3.8) is 0 Å². The third-order valence-electron chi connectivity index (χ3n) is 12.7. The molecule has 10 rings (SSSR count). The van der Waals surface area contributed by atoms with Crippen molar-refractivity contribution < 1.29 is 25.8 Å². The minimum Gasteiger partial charge on any atom is -0.509 e. The predicted octanol–water partition coefficient (Wildman–Crippen LogP) is 13.9. The fourth-order valence-corrected chi connectivity index (χ4v) is 9.16. The Hall–Kier alpha value is -6.16. The first-order valence-electron chi connectivity index (χ1n) is 20.3. The summed E-state index contributed by atoms with van der Waals surface area (Å²) in [6.07, 6.45) is 1.99. The van der Waals surface area contributed by atoms with Gasteiger partial charge in [-0.3, -0.25) is 4.68 Å². The van der Waals surface area contributed by atoms with E-state index < -0.39 is 0 Å². The summed E-state index contributed by atoms with van der Waals surface area (Å²) in [4.78, 5) is 4.57. The maximum Gasteiger partial charge on any atom is 0.0575 e. The predicted molar refractivity (Wildman–Crippen MR) is 241 cm³/mol. The Morgan fingerprint density at radius 1 is 0.567 bits per heavy atom. The number of hydrogen-bond acceptors (Lipinski definition) is 4. The average molecular weight is 961 g/mol. The van der Waals surface area contributed by atoms with Gasteiger partial charge in [0.25, 0.3) is 0 Å². The van der Waals surface area contributed by atoms with Crippen LogP contribution in [0.25, 0.3) is 39.1 Å². The first-order valence-corrected chi connectivity index (χ1v) is 20.3. The number of fused-ring (bicyclic) bond motifs is 4. The fraction of sp³-hybridized carbons (Fsp3) is 0.148. The molecular formula is C54H45N4OPt-3. The largest absolute Gasteiger partial charge is 0.509 e. The fourth-order valence-electron chi connectivity index (χ4n) is 9.16. The van der Waals surface area contributed by atoms with Crippen molar-refractivity contribution in [3.05, 3.63) is 199 Å². The van der Waals surface area contributed by atoms with Crippen LogP contribution in [-0.2, 0) is 31.9 Å². The van der Waals surface area contributed by atoms with E-state index in [-0.39, 0.29) is 31.9 Å². The maximum atomic E-state index is 6.65. The molecule has 60 heavy (non-hydrogen) atoms. The summed E-state index contributed by atoms with van der Waals surface area (Å²) < 4.78 is 8.72. The van der Waals surface area contributed by atoms with Crippen LogP contribution in [0.4, 0.5) is 22.7 Å². The van der Waals surface area contributed by atoms with E-state index in [1.165, 1.54) is 44.6 Å². The van der Waals surface area contributed by atoms with Gasteiger partial charge in [0, 0.05) is 71.7 Å². The average Bonchev–Trinajstić information content (AvgIpc) is 3.88. The van der Waals surface area contributed by atoms with E-state index in [2.05, 4.69) is 208 Å². The number of anilines is 4. The zero-order valence-corrected chi connectivity index (χ0v) is 36.9. The van der Waals surface area contributed by atoms with Gasteiger partial charge in [0.15, 0.2) is 0 Å². The number of nitrogens with zero attached hydrogens (tertiary/aromatic N) is 4. The van der Waals surface area contributed by atoms with Crippen LogP contribution >= 0.6 is 0 Å². The number of aryl methyl sites for hydroxylation is 2. The molecule has 0 saturated heterocycles. The molecule has 8 aromatic rings. The number of rotatable bonds is 7. The number of aromatic nitrogens is 2. The SMILES string of the molecule is Cc1cc(C)c(-c2ccccc2)c(N2[CH-]N(c3[c-]c(Oc4[c-]c5c(cc4)C(C)(C)C(C)(C)c4c(-c6ccccc6)cnn4-5)ccc3)c3ccccc32)c1-c1ccccc1.[Pt]. The molecular weight excluding hydrogens is 916 g/mol. The summed E-state index contributed by atoms with van der Waals surface area (Å²) in [5, 5.41) is 4.97. The normalized spacial score (nSPS) is 14.5. The molecule has 300 valence electrons. The topological polar surface area (TPSA) is 33.5 Å². The van der Waals surface area contributed by atoms with Gasteiger partial charge in [0.05, 0.1) is 11.9 Å². The van der Waals surface area contributed by atoms with E-state index in [9.17, 15) is 0 Å². The summed E-state index contributed by atoms with van der Waals surface area (Å²) in [6, 6.07) is 60.4. The molecule has 0 fully saturated rings. The first-order chi connectivity index (χ1) is 28.6. The third kappa shape index (κ3) is 6.30. The van der Waals surface area contributed by atoms with Crippen LogP contribution in [-0.4, -0.2) is 9.78 Å². The van der Waals surface area contributed by atoms with E-state index in [4.69, 9.17) is 9.84 Å². The molecule has 3 heterocycles. The quantitative estimate of drug-likeness (QED) is 0.149. The van der Waals surface area contributed by atoms with E-state index in [0.29, 0.717) is 11.5 Å². The number of para-hydroxylation sites is 2. The van der Waals surface area contributed by atoms with Gasteiger partial charge < -0.3 is 14.5 Å². The van der Waals surface area contributed by atoms with Crippen LogP contribution in [0.1, 0.15) is 50.1 Å². The Morgan fingerprint density at radius 3 is 1.73 bits per heavy atom. The van der Waals surface area contributed by atoms with Crippen LogP contribution in [0.15, 0.2) is 158 Å². The van der Waals surface area contributed by atoms with Gasteiger partial charge >= 0.3 is 0 Å². The maximum absolute atomic E-state index is 6.65. The summed E-state index contributed by atoms with van der Waals surface area (Å²) in [5.74, 6) is 1.21. The van der Waals surface area contributed by atoms with E-state index >= 15 is 0 Å². The number of hydrogen-bond donors (Lipinski definition) is 0. The smallest absolute Gasteiger partial charge is 0.0575 e. The summed E-state index contributed by atoms with van der Waals surface area (Å²) in [7, 11) is 0. The molecule has 2 aliphatic heterocycles. The molecule has 0 atom stereocenters. The van der Waals surface area contributed by atoms with Crippen LogP contribution in [0.3, 0.4) is 0 Å². The van der Waals surface area contributed by atoms with E-state index in [1.807, 2.05) is 24.4 Å². The number of ether oxygens (including phenoxy) is 1. The second kappa shape index (κ2) is 15.1. The number of benzene rings is 7. The zero-order valence-electron chi connectivity index (χ0n) is 34.6. The van der Waals surface area contributed by atoms with Gasteiger partial charge in [-0.25, -0.2) is 0 Å². The summed E-state index contributed by atoms with van der Waals surface area (Å²) in [5.41, 5.74) is 16.5. The van der Waals surface area contributed by atoms with Gasteiger partial charge in [0.2, 0.25) is 0 Å². The van der Waals surface area contributed by atoms with Gasteiger partial charge in [-0.05, 0) is 64.9 Å². The van der Waals surface area contributed by atoms with Crippen molar-refractivity contribution in [2.45, 2.75) is 52.4 Å². The molecule has 7 aromatic carbocycles. The van der Waals surface area contributed by atoms with E-state index in [1.54, 1.807) is 0 Å². The van der Waals surface area contributed by atoms with Crippen molar-refractivity contribution in [1.29, 1.82) is 0 Å². The van der Waals surface area contributed by atoms with Crippen molar-refractivity contribution in [3.8, 4) is 50.6 Å². The standard InChI is InChI=1S/C54H45N4O.Pt/c1-36-31-37(2)50(40-23-14-9-15-24-40)51(49(36)39-21-12-8-13-22-39)57-35-56(46-27-16-17-28-47(46)57)41-25-18-26-42(32-41)59-43-29-30-45-48(33-43)58-52(54(5,6)53(45,3)4)44(34-55-58)38-19-10-7-11-20-38;/h7-31,34-35H,1-6H3;/q-3;. The molecule has 5 nitrogen and oxygen atoms in total. The van der Waals surface area contributed by atoms with Gasteiger partial charge in [-0.1, -0.05) is 137 Å². The molecule has 0 bridgehead atoms. The molecule has 0 amide bonds. The Balaban J connectivity index is 0.00000462. The Kier molecular flexibility index (Phi) is 9.92. The molecule has 0 saturated carbocycles. The summed E-state index contributed by atoms with van der Waals surface area (Å²) >= 11 is 0. The zero-order chi connectivity index (χ0) is 40.5. The minimum atomic E-state index is -0.211. The van der Waals surface area contributed by atoms with Crippen LogP contribution in [0.2, 0.25) is 0 Å². The molecule has 0 N–H and O–H groups in total. The molecule has 0 unspecified atom stereocenters. The summed E-state index contributed by atoms with van der Waals surface area (Å²) in [6.45, 7) is 15.9. The van der Waals surface area contributed by atoms with Gasteiger partial charge in [0.1, 0.15) is 0 Å². The third-order valence-corrected chi connectivity index (χ3v) is 12.7. The molecule has 0 aliphatic carbocycles. The minimum absolute atomic E-state index is 0. The van der Waals surface area contributed by atoms with Crippen LogP contribution < -0.4 is 14.5 Å². The molecule has 2 aliphatic rings. The second-order valence-electron chi connectivity index (χ2n) is 16.7. The Bertz CT molecular complexity index is 2800. The monoisotopic (exact) mass is 960 g/mol. The van der Waals surface area contributed by atoms with Gasteiger partial charge in [-0.2, -0.15) is 17.2 Å². The molecule has 1 aromatic heterocycles. The van der Waals surface area contributed by atoms with Crippen molar-refractivity contribution in [2.24, 2.45) is 0 Å². The van der Waals surface area contributed by atoms with Crippen LogP contribution in [0.5, 0.6) is 11.5 Å². The van der Waals surface area contributed by atoms with Crippen molar-refractivity contribution >= 4 is 22.7 Å². The Labute approximate surface area is 368 Å². The molecule has 0 spiro atoms. The van der Waals surface area contributed by atoms with Gasteiger partial charge in [-0.15, -0.1) is 48.3 Å².